The molecule has 1 aromatic heterocycles. The van der Waals surface area contributed by atoms with Crippen molar-refractivity contribution in [3.63, 3.8) is 0 Å². The van der Waals surface area contributed by atoms with Crippen molar-refractivity contribution in [2.24, 2.45) is 0 Å². The van der Waals surface area contributed by atoms with E-state index in [2.05, 4.69) is 21.2 Å². The van der Waals surface area contributed by atoms with E-state index in [-0.39, 0.29) is 11.9 Å². The van der Waals surface area contributed by atoms with Gasteiger partial charge in [-0.25, -0.2) is 0 Å². The van der Waals surface area contributed by atoms with Crippen molar-refractivity contribution < 1.29 is 14.1 Å². The molecule has 0 fully saturated rings. The number of benzene rings is 1. The molecule has 1 amide bonds. The molecule has 4 nitrogen and oxygen atoms in total. The summed E-state index contributed by atoms with van der Waals surface area (Å²) in [4.78, 5) is 13.3. The molecule has 0 saturated heterocycles. The number of halogens is 1. The molecule has 0 spiro atoms. The van der Waals surface area contributed by atoms with E-state index in [1.807, 2.05) is 38.4 Å². The Kier molecular flexibility index (Phi) is 4.98. The number of furan rings is 1. The lowest BCUT2D eigenvalue weighted by Gasteiger charge is -2.19. The second kappa shape index (κ2) is 6.72. The number of carbonyl (C=O) groups is 1. The summed E-state index contributed by atoms with van der Waals surface area (Å²) in [7, 11) is 4.08. The van der Waals surface area contributed by atoms with Crippen LogP contribution in [0.3, 0.4) is 0 Å². The average molecular weight is 338 g/mol. The lowest BCUT2D eigenvalue weighted by atomic mass is 10.2. The number of nitrogens with one attached hydrogen (secondary N) is 2. The molecule has 1 atom stereocenters. The maximum absolute atomic E-state index is 12.1. The minimum Gasteiger partial charge on any atom is -0.463 e. The summed E-state index contributed by atoms with van der Waals surface area (Å²) in [6, 6.07) is 11.2. The largest absolute Gasteiger partial charge is 0.463 e. The molecule has 0 aliphatic carbocycles. The van der Waals surface area contributed by atoms with Gasteiger partial charge in [-0.05, 0) is 30.3 Å². The average Bonchev–Trinajstić information content (AvgIpc) is 2.92. The highest BCUT2D eigenvalue weighted by Gasteiger charge is 2.21. The van der Waals surface area contributed by atoms with Crippen LogP contribution in [-0.4, -0.2) is 26.5 Å². The fraction of sp³-hybridized carbons (Fsp3) is 0.267. The van der Waals surface area contributed by atoms with Gasteiger partial charge in [-0.3, -0.25) is 4.79 Å². The predicted octanol–water partition coefficient (Wildman–Crippen LogP) is 1.66. The highest BCUT2D eigenvalue weighted by Crippen LogP contribution is 2.12. The highest BCUT2D eigenvalue weighted by molar-refractivity contribution is 9.10. The van der Waals surface area contributed by atoms with Crippen LogP contribution in [0.5, 0.6) is 0 Å². The third-order valence-electron chi connectivity index (χ3n) is 3.14. The van der Waals surface area contributed by atoms with Gasteiger partial charge in [0.15, 0.2) is 11.8 Å². The van der Waals surface area contributed by atoms with E-state index in [0.717, 1.165) is 10.2 Å². The second-order valence-electron chi connectivity index (χ2n) is 4.87. The molecule has 0 radical (unpaired) electrons. The molecule has 1 aromatic carbocycles. The third kappa shape index (κ3) is 3.71. The molecule has 5 heteroatoms. The summed E-state index contributed by atoms with van der Waals surface area (Å²) in [6.07, 6.45) is 1.65. The molecule has 2 rings (SSSR count). The number of hydrogen-bond donors (Lipinski definition) is 2. The van der Waals surface area contributed by atoms with Crippen molar-refractivity contribution in [1.82, 2.24) is 5.32 Å². The Labute approximate surface area is 126 Å². The van der Waals surface area contributed by atoms with E-state index in [9.17, 15) is 4.79 Å². The van der Waals surface area contributed by atoms with E-state index >= 15 is 0 Å². The van der Waals surface area contributed by atoms with Crippen LogP contribution < -0.4 is 10.2 Å². The van der Waals surface area contributed by atoms with Gasteiger partial charge in [0.1, 0.15) is 0 Å². The summed E-state index contributed by atoms with van der Waals surface area (Å²) in [6.45, 7) is 0.529. The minimum atomic E-state index is -0.0795. The molecule has 106 valence electrons. The van der Waals surface area contributed by atoms with Crippen LogP contribution in [0.2, 0.25) is 0 Å². The Morgan fingerprint density at radius 1 is 1.35 bits per heavy atom. The van der Waals surface area contributed by atoms with Crippen LogP contribution in [0.25, 0.3) is 0 Å². The van der Waals surface area contributed by atoms with Gasteiger partial charge in [0.25, 0.3) is 5.91 Å². The van der Waals surface area contributed by atoms with Crippen molar-refractivity contribution in [3.8, 4) is 0 Å². The molecule has 0 aliphatic rings. The number of rotatable bonds is 5. The van der Waals surface area contributed by atoms with Crippen LogP contribution >= 0.6 is 15.9 Å². The number of likely N-dealkylation sites (N-methyl/N-ethyl adjacent to an activating group) is 1. The molecular weight excluding hydrogens is 320 g/mol. The van der Waals surface area contributed by atoms with Gasteiger partial charge in [-0.15, -0.1) is 0 Å². The van der Waals surface area contributed by atoms with E-state index in [1.165, 1.54) is 4.90 Å². The number of hydrogen-bond acceptors (Lipinski definition) is 2. The molecular formula is C15H18BrN2O2+. The van der Waals surface area contributed by atoms with E-state index in [4.69, 9.17) is 4.42 Å². The topological polar surface area (TPSA) is 46.7 Å². The quantitative estimate of drug-likeness (QED) is 0.871. The Balaban J connectivity index is 2.01. The van der Waals surface area contributed by atoms with Gasteiger partial charge in [0, 0.05) is 10.0 Å². The first-order chi connectivity index (χ1) is 9.58. The summed E-state index contributed by atoms with van der Waals surface area (Å²) in [5.41, 5.74) is 0.645. The second-order valence-corrected chi connectivity index (χ2v) is 5.78. The van der Waals surface area contributed by atoms with Gasteiger partial charge in [0.05, 0.1) is 26.9 Å². The summed E-state index contributed by atoms with van der Waals surface area (Å²) >= 11 is 3.37. The zero-order valence-electron chi connectivity index (χ0n) is 11.5. The maximum Gasteiger partial charge on any atom is 0.251 e. The first-order valence-electron chi connectivity index (χ1n) is 6.45. The molecule has 0 unspecified atom stereocenters. The number of carbonyl (C=O) groups excluding carboxylic acids is 1. The molecule has 1 heterocycles. The lowest BCUT2D eigenvalue weighted by molar-refractivity contribution is -0.891. The van der Waals surface area contributed by atoms with E-state index in [0.29, 0.717) is 12.1 Å². The number of amides is 1. The minimum absolute atomic E-state index is 0.0795. The number of quaternary nitrogens is 1. The van der Waals surface area contributed by atoms with Gasteiger partial charge < -0.3 is 14.6 Å². The van der Waals surface area contributed by atoms with E-state index in [1.54, 1.807) is 18.4 Å². The van der Waals surface area contributed by atoms with Crippen molar-refractivity contribution in [2.75, 3.05) is 20.6 Å². The van der Waals surface area contributed by atoms with Gasteiger partial charge in [-0.1, -0.05) is 22.0 Å². The van der Waals surface area contributed by atoms with Gasteiger partial charge >= 0.3 is 0 Å². The first-order valence-corrected chi connectivity index (χ1v) is 7.24. The van der Waals surface area contributed by atoms with Crippen LogP contribution in [0.15, 0.2) is 51.6 Å². The molecule has 0 saturated carbocycles. The fourth-order valence-corrected chi connectivity index (χ4v) is 2.40. The first kappa shape index (κ1) is 14.8. The zero-order chi connectivity index (χ0) is 14.5. The Hall–Kier alpha value is -1.59. The summed E-state index contributed by atoms with van der Waals surface area (Å²) < 4.78 is 6.33. The van der Waals surface area contributed by atoms with Crippen molar-refractivity contribution in [3.05, 3.63) is 58.5 Å². The van der Waals surface area contributed by atoms with Crippen molar-refractivity contribution in [2.45, 2.75) is 6.04 Å². The third-order valence-corrected chi connectivity index (χ3v) is 3.63. The van der Waals surface area contributed by atoms with Crippen LogP contribution in [0, 0.1) is 0 Å². The standard InChI is InChI=1S/C15H17BrN2O2/c1-18(2)13(14-7-4-8-20-14)10-17-15(19)11-5-3-6-12(16)9-11/h3-9,13H,10H2,1-2H3,(H,17,19)/p+1/t13-/m1/s1. The Morgan fingerprint density at radius 2 is 2.15 bits per heavy atom. The van der Waals surface area contributed by atoms with Crippen LogP contribution in [0.4, 0.5) is 0 Å². The summed E-state index contributed by atoms with van der Waals surface area (Å²) in [5, 5.41) is 2.96. The highest BCUT2D eigenvalue weighted by atomic mass is 79.9. The molecule has 0 aliphatic heterocycles. The van der Waals surface area contributed by atoms with Crippen molar-refractivity contribution >= 4 is 21.8 Å². The van der Waals surface area contributed by atoms with Gasteiger partial charge in [-0.2, -0.15) is 0 Å². The smallest absolute Gasteiger partial charge is 0.251 e. The predicted molar refractivity (Wildman–Crippen MR) is 80.7 cm³/mol. The van der Waals surface area contributed by atoms with Crippen LogP contribution in [-0.2, 0) is 0 Å². The van der Waals surface area contributed by atoms with Crippen LogP contribution in [0.1, 0.15) is 22.2 Å². The maximum atomic E-state index is 12.1. The van der Waals surface area contributed by atoms with Gasteiger partial charge in [0.2, 0.25) is 0 Å². The normalized spacial score (nSPS) is 12.4. The zero-order valence-corrected chi connectivity index (χ0v) is 13.1. The van der Waals surface area contributed by atoms with E-state index < -0.39 is 0 Å². The van der Waals surface area contributed by atoms with Crippen molar-refractivity contribution in [1.29, 1.82) is 0 Å². The fourth-order valence-electron chi connectivity index (χ4n) is 2.01. The monoisotopic (exact) mass is 337 g/mol. The lowest BCUT2D eigenvalue weighted by Crippen LogP contribution is -3.07. The SMILES string of the molecule is C[NH+](C)[C@H](CNC(=O)c1cccc(Br)c1)c1ccco1. The Bertz CT molecular complexity index is 567. The molecule has 2 N–H and O–H groups in total. The summed E-state index contributed by atoms with van der Waals surface area (Å²) in [5.74, 6) is 0.795. The molecule has 20 heavy (non-hydrogen) atoms. The Morgan fingerprint density at radius 3 is 2.75 bits per heavy atom. The molecule has 2 aromatic rings. The molecule has 0 bridgehead atoms.